The normalized spacial score (nSPS) is 14.7. The number of rotatable bonds is 5. The van der Waals surface area contributed by atoms with Gasteiger partial charge in [-0.25, -0.2) is 0 Å². The van der Waals surface area contributed by atoms with E-state index in [4.69, 9.17) is 10.2 Å². The highest BCUT2D eigenvalue weighted by atomic mass is 32.2. The topological polar surface area (TPSA) is 106 Å². The van der Waals surface area contributed by atoms with Crippen LogP contribution in [0, 0.1) is 0 Å². The van der Waals surface area contributed by atoms with Crippen LogP contribution in [0.15, 0.2) is 39.1 Å². The molecule has 0 radical (unpaired) electrons. The molecule has 0 bridgehead atoms. The number of para-hydroxylation sites is 1. The van der Waals surface area contributed by atoms with Gasteiger partial charge < -0.3 is 20.0 Å². The highest BCUT2D eigenvalue weighted by molar-refractivity contribution is 8.01. The molecular formula is C17H17N5O3S2. The van der Waals surface area contributed by atoms with E-state index in [2.05, 4.69) is 15.1 Å². The maximum Gasteiger partial charge on any atom is 0.289 e. The van der Waals surface area contributed by atoms with Gasteiger partial charge in [-0.2, -0.15) is 0 Å². The fourth-order valence-corrected chi connectivity index (χ4v) is 4.50. The first-order valence-electron chi connectivity index (χ1n) is 8.37. The lowest BCUT2D eigenvalue weighted by atomic mass is 10.2. The lowest BCUT2D eigenvalue weighted by Gasteiger charge is -2.33. The molecule has 10 heteroatoms. The maximum absolute atomic E-state index is 12.7. The molecular weight excluding hydrogens is 386 g/mol. The number of nitrogens with two attached hydrogens (primary N) is 1. The van der Waals surface area contributed by atoms with E-state index in [-0.39, 0.29) is 17.6 Å². The Morgan fingerprint density at radius 2 is 1.96 bits per heavy atom. The number of anilines is 1. The second kappa shape index (κ2) is 7.57. The van der Waals surface area contributed by atoms with E-state index in [0.717, 1.165) is 10.5 Å². The zero-order valence-corrected chi connectivity index (χ0v) is 16.0. The van der Waals surface area contributed by atoms with Crippen LogP contribution < -0.4 is 10.6 Å². The third kappa shape index (κ3) is 3.91. The van der Waals surface area contributed by atoms with Crippen molar-refractivity contribution < 1.29 is 14.0 Å². The fourth-order valence-electron chi connectivity index (χ4n) is 2.87. The van der Waals surface area contributed by atoms with E-state index in [1.807, 2.05) is 24.3 Å². The SMILES string of the molecule is NC(=O)CSc1nnc(N2CCN(C(=O)c3cc4ccccc4o3)CC2)s1. The van der Waals surface area contributed by atoms with Crippen LogP contribution in [0.25, 0.3) is 11.0 Å². The van der Waals surface area contributed by atoms with Crippen molar-refractivity contribution in [3.8, 4) is 0 Å². The number of hydrogen-bond donors (Lipinski definition) is 1. The van der Waals surface area contributed by atoms with Crippen LogP contribution in [0.5, 0.6) is 0 Å². The van der Waals surface area contributed by atoms with Gasteiger partial charge in [0.15, 0.2) is 10.1 Å². The highest BCUT2D eigenvalue weighted by Gasteiger charge is 2.26. The van der Waals surface area contributed by atoms with Crippen molar-refractivity contribution in [3.05, 3.63) is 36.1 Å². The molecule has 1 aromatic carbocycles. The number of carbonyl (C=O) groups is 2. The number of thioether (sulfide) groups is 1. The molecule has 0 aliphatic carbocycles. The summed E-state index contributed by atoms with van der Waals surface area (Å²) in [6.07, 6.45) is 0. The smallest absolute Gasteiger partial charge is 0.289 e. The summed E-state index contributed by atoms with van der Waals surface area (Å²) in [5.74, 6) is 0.0787. The van der Waals surface area contributed by atoms with Gasteiger partial charge in [0.25, 0.3) is 5.91 Å². The number of amides is 2. The fraction of sp³-hybridized carbons (Fsp3) is 0.294. The van der Waals surface area contributed by atoms with Gasteiger partial charge in [-0.3, -0.25) is 9.59 Å². The number of carbonyl (C=O) groups excluding carboxylic acids is 2. The molecule has 3 heterocycles. The summed E-state index contributed by atoms with van der Waals surface area (Å²) >= 11 is 2.71. The lowest BCUT2D eigenvalue weighted by molar-refractivity contribution is -0.115. The van der Waals surface area contributed by atoms with Crippen LogP contribution in [0.3, 0.4) is 0 Å². The van der Waals surface area contributed by atoms with Crippen LogP contribution in [0.1, 0.15) is 10.6 Å². The number of furan rings is 1. The summed E-state index contributed by atoms with van der Waals surface area (Å²) in [5.41, 5.74) is 5.86. The minimum atomic E-state index is -0.380. The number of fused-ring (bicyclic) bond motifs is 1. The van der Waals surface area contributed by atoms with Crippen molar-refractivity contribution in [2.45, 2.75) is 4.34 Å². The Kier molecular flexibility index (Phi) is 4.99. The van der Waals surface area contributed by atoms with Gasteiger partial charge in [-0.1, -0.05) is 41.3 Å². The largest absolute Gasteiger partial charge is 0.451 e. The van der Waals surface area contributed by atoms with E-state index in [9.17, 15) is 9.59 Å². The van der Waals surface area contributed by atoms with Gasteiger partial charge in [-0.15, -0.1) is 10.2 Å². The molecule has 0 atom stereocenters. The van der Waals surface area contributed by atoms with E-state index in [1.54, 1.807) is 11.0 Å². The average molecular weight is 403 g/mol. The second-order valence-corrected chi connectivity index (χ2v) is 8.21. The first-order valence-corrected chi connectivity index (χ1v) is 10.2. The molecule has 2 amide bonds. The van der Waals surface area contributed by atoms with E-state index < -0.39 is 0 Å². The van der Waals surface area contributed by atoms with Crippen LogP contribution in [-0.2, 0) is 4.79 Å². The number of hydrogen-bond acceptors (Lipinski definition) is 8. The summed E-state index contributed by atoms with van der Waals surface area (Å²) in [6.45, 7) is 2.50. The van der Waals surface area contributed by atoms with Crippen molar-refractivity contribution >= 4 is 51.0 Å². The zero-order chi connectivity index (χ0) is 18.8. The summed E-state index contributed by atoms with van der Waals surface area (Å²) in [7, 11) is 0. The first-order chi connectivity index (χ1) is 13.1. The molecule has 0 spiro atoms. The second-order valence-electron chi connectivity index (χ2n) is 6.03. The average Bonchev–Trinajstić information content (AvgIpc) is 3.33. The molecule has 1 saturated heterocycles. The van der Waals surface area contributed by atoms with Crippen LogP contribution in [0.4, 0.5) is 5.13 Å². The Labute approximate surface area is 163 Å². The molecule has 8 nitrogen and oxygen atoms in total. The number of benzene rings is 1. The number of aromatic nitrogens is 2. The molecule has 4 rings (SSSR count). The molecule has 1 aliphatic heterocycles. The summed E-state index contributed by atoms with van der Waals surface area (Å²) in [5, 5.41) is 9.97. The van der Waals surface area contributed by atoms with E-state index >= 15 is 0 Å². The Bertz CT molecular complexity index is 945. The number of nitrogens with zero attached hydrogens (tertiary/aromatic N) is 4. The number of piperazine rings is 1. The zero-order valence-electron chi connectivity index (χ0n) is 14.3. The third-order valence-electron chi connectivity index (χ3n) is 4.21. The van der Waals surface area contributed by atoms with Crippen molar-refractivity contribution in [2.24, 2.45) is 5.73 Å². The third-order valence-corrected chi connectivity index (χ3v) is 6.35. The lowest BCUT2D eigenvalue weighted by Crippen LogP contribution is -2.48. The van der Waals surface area contributed by atoms with Gasteiger partial charge >= 0.3 is 0 Å². The minimum absolute atomic E-state index is 0.0965. The Morgan fingerprint density at radius 3 is 2.70 bits per heavy atom. The van der Waals surface area contributed by atoms with Crippen LogP contribution >= 0.6 is 23.1 Å². The van der Waals surface area contributed by atoms with Crippen molar-refractivity contribution in [1.29, 1.82) is 0 Å². The molecule has 0 unspecified atom stereocenters. The van der Waals surface area contributed by atoms with Crippen LogP contribution in [-0.4, -0.2) is 58.8 Å². The minimum Gasteiger partial charge on any atom is -0.451 e. The van der Waals surface area contributed by atoms with Gasteiger partial charge in [-0.05, 0) is 12.1 Å². The molecule has 3 aromatic rings. The van der Waals surface area contributed by atoms with Gasteiger partial charge in [0.1, 0.15) is 5.58 Å². The molecule has 27 heavy (non-hydrogen) atoms. The summed E-state index contributed by atoms with van der Waals surface area (Å²) in [4.78, 5) is 27.4. The standard InChI is InChI=1S/C17H17N5O3S2/c18-14(23)10-26-17-20-19-16(27-17)22-7-5-21(6-8-22)15(24)13-9-11-3-1-2-4-12(11)25-13/h1-4,9H,5-8,10H2,(H2,18,23). The maximum atomic E-state index is 12.7. The van der Waals surface area contributed by atoms with E-state index in [1.165, 1.54) is 23.1 Å². The van der Waals surface area contributed by atoms with Crippen molar-refractivity contribution in [1.82, 2.24) is 15.1 Å². The van der Waals surface area contributed by atoms with Crippen LogP contribution in [0.2, 0.25) is 0 Å². The first kappa shape index (κ1) is 17.8. The molecule has 1 aliphatic rings. The molecule has 140 valence electrons. The molecule has 1 fully saturated rings. The van der Waals surface area contributed by atoms with Gasteiger partial charge in [0.2, 0.25) is 11.0 Å². The van der Waals surface area contributed by atoms with E-state index in [0.29, 0.717) is 41.9 Å². The van der Waals surface area contributed by atoms with Gasteiger partial charge in [0, 0.05) is 31.6 Å². The molecule has 0 saturated carbocycles. The Morgan fingerprint density at radius 1 is 1.19 bits per heavy atom. The Hall–Kier alpha value is -2.59. The van der Waals surface area contributed by atoms with Crippen molar-refractivity contribution in [2.75, 3.05) is 36.8 Å². The monoisotopic (exact) mass is 403 g/mol. The molecule has 2 aromatic heterocycles. The number of primary amides is 1. The van der Waals surface area contributed by atoms with Gasteiger partial charge in [0.05, 0.1) is 5.75 Å². The Balaban J connectivity index is 1.37. The van der Waals surface area contributed by atoms with Crippen molar-refractivity contribution in [3.63, 3.8) is 0 Å². The molecule has 2 N–H and O–H groups in total. The summed E-state index contributed by atoms with van der Waals surface area (Å²) < 4.78 is 6.39. The predicted octanol–water partition coefficient (Wildman–Crippen LogP) is 1.82. The highest BCUT2D eigenvalue weighted by Crippen LogP contribution is 2.28. The predicted molar refractivity (Wildman–Crippen MR) is 104 cm³/mol. The quantitative estimate of drug-likeness (QED) is 0.648. The summed E-state index contributed by atoms with van der Waals surface area (Å²) in [6, 6.07) is 9.38.